The molecular weight excluding hydrogens is 295 g/mol. The van der Waals surface area contributed by atoms with E-state index in [0.29, 0.717) is 15.0 Å². The summed E-state index contributed by atoms with van der Waals surface area (Å²) >= 11 is 0.582. The number of benzene rings is 2. The van der Waals surface area contributed by atoms with Gasteiger partial charge in [0.05, 0.1) is 0 Å². The fraction of sp³-hybridized carbons (Fsp3) is 0.222. The first-order valence-electron chi connectivity index (χ1n) is 6.73. The van der Waals surface area contributed by atoms with Crippen LogP contribution in [0.4, 0.5) is 0 Å². The van der Waals surface area contributed by atoms with Crippen LogP contribution in [0.1, 0.15) is 23.1 Å². The van der Waals surface area contributed by atoms with Crippen molar-refractivity contribution in [2.45, 2.75) is 23.0 Å². The van der Waals surface area contributed by atoms with Gasteiger partial charge in [-0.15, -0.1) is 0 Å². The number of aryl methyl sites for hydroxylation is 1. The first-order chi connectivity index (χ1) is 9.31. The van der Waals surface area contributed by atoms with E-state index in [2.05, 4.69) is 73.7 Å². The Morgan fingerprint density at radius 2 is 1.53 bits per heavy atom. The molecule has 19 heavy (non-hydrogen) atoms. The summed E-state index contributed by atoms with van der Waals surface area (Å²) in [6, 6.07) is 20.2. The van der Waals surface area contributed by atoms with E-state index >= 15 is 0 Å². The first-order valence-corrected chi connectivity index (χ1v) is 8.80. The van der Waals surface area contributed by atoms with Gasteiger partial charge in [-0.05, 0) is 0 Å². The molecule has 0 aliphatic carbocycles. The topological polar surface area (TPSA) is 0 Å². The van der Waals surface area contributed by atoms with Crippen LogP contribution in [-0.2, 0) is 4.31 Å². The fourth-order valence-electron chi connectivity index (χ4n) is 2.67. The molecule has 0 nitrogen and oxygen atoms in total. The Morgan fingerprint density at radius 1 is 0.842 bits per heavy atom. The molecule has 1 heterocycles. The maximum absolute atomic E-state index is 2.36. The summed E-state index contributed by atoms with van der Waals surface area (Å²) in [5.41, 5.74) is 4.29. The maximum atomic E-state index is 2.36. The average molecular weight is 313 g/mol. The van der Waals surface area contributed by atoms with Gasteiger partial charge < -0.3 is 0 Å². The van der Waals surface area contributed by atoms with Crippen LogP contribution in [0, 0.1) is 6.92 Å². The van der Waals surface area contributed by atoms with Gasteiger partial charge in [0, 0.05) is 0 Å². The summed E-state index contributed by atoms with van der Waals surface area (Å²) in [7, 11) is 0. The Labute approximate surface area is 121 Å². The second kappa shape index (κ2) is 5.36. The van der Waals surface area contributed by atoms with Gasteiger partial charge in [0.15, 0.2) is 0 Å². The second-order valence-corrected chi connectivity index (χ2v) is 7.81. The molecule has 0 spiro atoms. The van der Waals surface area contributed by atoms with Gasteiger partial charge in [0.1, 0.15) is 0 Å². The van der Waals surface area contributed by atoms with Crippen LogP contribution in [-0.4, -0.2) is 15.0 Å². The molecule has 0 bridgehead atoms. The predicted octanol–water partition coefficient (Wildman–Crippen LogP) is 4.32. The van der Waals surface area contributed by atoms with Gasteiger partial charge in [-0.3, -0.25) is 0 Å². The molecule has 1 heteroatoms. The van der Waals surface area contributed by atoms with Crippen LogP contribution in [0.5, 0.6) is 0 Å². The third kappa shape index (κ3) is 2.41. The van der Waals surface area contributed by atoms with Crippen molar-refractivity contribution < 1.29 is 0 Å². The van der Waals surface area contributed by atoms with E-state index in [1.54, 1.807) is 0 Å². The Balaban J connectivity index is 2.12. The van der Waals surface area contributed by atoms with Crippen molar-refractivity contribution in [3.8, 4) is 0 Å². The minimum absolute atomic E-state index is 0.233. The third-order valence-corrected chi connectivity index (χ3v) is 6.88. The quantitative estimate of drug-likeness (QED) is 0.572. The average Bonchev–Trinajstić information content (AvgIpc) is 2.49. The molecule has 1 aliphatic rings. The van der Waals surface area contributed by atoms with Crippen LogP contribution in [0.2, 0.25) is 5.32 Å². The summed E-state index contributed by atoms with van der Waals surface area (Å²) in [4.78, 5) is 0. The van der Waals surface area contributed by atoms with Crippen molar-refractivity contribution in [3.63, 3.8) is 0 Å². The van der Waals surface area contributed by atoms with Crippen molar-refractivity contribution in [1.29, 1.82) is 0 Å². The third-order valence-electron chi connectivity index (χ3n) is 3.76. The fourth-order valence-corrected chi connectivity index (χ4v) is 5.47. The van der Waals surface area contributed by atoms with E-state index in [0.717, 1.165) is 6.42 Å². The first kappa shape index (κ1) is 12.7. The Hall–Kier alpha value is -1.30. The van der Waals surface area contributed by atoms with E-state index in [9.17, 15) is 0 Å². The SMILES string of the molecule is Cc1ccc(C2(c3ccccc3)CC=CC[Se]2)cc1. The molecular formula is C18H18Se. The molecule has 0 saturated carbocycles. The van der Waals surface area contributed by atoms with E-state index in [-0.39, 0.29) is 4.31 Å². The molecule has 0 aromatic heterocycles. The summed E-state index contributed by atoms with van der Waals surface area (Å²) < 4.78 is 0.233. The van der Waals surface area contributed by atoms with Crippen LogP contribution < -0.4 is 0 Å². The van der Waals surface area contributed by atoms with Crippen molar-refractivity contribution in [2.75, 3.05) is 0 Å². The number of allylic oxidation sites excluding steroid dienone is 2. The number of hydrogen-bond donors (Lipinski definition) is 0. The zero-order chi connectivity index (χ0) is 13.1. The standard InChI is InChI=1S/C18H18Se/c1-15-9-11-17(12-10-15)18(13-5-6-14-19-18)16-7-3-2-4-8-16/h2-12H,13-14H2,1H3. The van der Waals surface area contributed by atoms with Crippen LogP contribution in [0.25, 0.3) is 0 Å². The van der Waals surface area contributed by atoms with E-state index in [1.807, 2.05) is 0 Å². The molecule has 2 aromatic carbocycles. The Kier molecular flexibility index (Phi) is 3.59. The molecule has 1 aliphatic heterocycles. The Morgan fingerprint density at radius 3 is 2.16 bits per heavy atom. The van der Waals surface area contributed by atoms with E-state index in [4.69, 9.17) is 0 Å². The molecule has 96 valence electrons. The molecule has 0 amide bonds. The van der Waals surface area contributed by atoms with Gasteiger partial charge in [0.25, 0.3) is 0 Å². The van der Waals surface area contributed by atoms with E-state index in [1.165, 1.54) is 22.0 Å². The van der Waals surface area contributed by atoms with Gasteiger partial charge in [-0.2, -0.15) is 0 Å². The van der Waals surface area contributed by atoms with Crippen LogP contribution in [0.15, 0.2) is 66.7 Å². The minimum atomic E-state index is 0.233. The normalized spacial score (nSPS) is 22.4. The summed E-state index contributed by atoms with van der Waals surface area (Å²) in [6.07, 6.45) is 5.84. The molecule has 0 saturated heterocycles. The zero-order valence-electron chi connectivity index (χ0n) is 11.2. The van der Waals surface area contributed by atoms with Crippen molar-refractivity contribution >= 4 is 15.0 Å². The summed E-state index contributed by atoms with van der Waals surface area (Å²) in [6.45, 7) is 2.16. The Bertz CT molecular complexity index is 568. The van der Waals surface area contributed by atoms with Gasteiger partial charge in [-0.1, -0.05) is 0 Å². The van der Waals surface area contributed by atoms with Crippen molar-refractivity contribution in [2.24, 2.45) is 0 Å². The molecule has 0 radical (unpaired) electrons. The number of rotatable bonds is 2. The van der Waals surface area contributed by atoms with Crippen LogP contribution in [0.3, 0.4) is 0 Å². The molecule has 0 fully saturated rings. The molecule has 1 atom stereocenters. The summed E-state index contributed by atoms with van der Waals surface area (Å²) in [5.74, 6) is 0. The van der Waals surface area contributed by atoms with Crippen molar-refractivity contribution in [1.82, 2.24) is 0 Å². The molecule has 3 rings (SSSR count). The van der Waals surface area contributed by atoms with Crippen LogP contribution >= 0.6 is 0 Å². The van der Waals surface area contributed by atoms with Gasteiger partial charge in [-0.25, -0.2) is 0 Å². The molecule has 0 N–H and O–H groups in total. The monoisotopic (exact) mass is 314 g/mol. The second-order valence-electron chi connectivity index (χ2n) is 5.05. The zero-order valence-corrected chi connectivity index (χ0v) is 12.9. The molecule has 1 unspecified atom stereocenters. The van der Waals surface area contributed by atoms with Crippen molar-refractivity contribution in [3.05, 3.63) is 83.4 Å². The van der Waals surface area contributed by atoms with Gasteiger partial charge in [0.2, 0.25) is 0 Å². The summed E-state index contributed by atoms with van der Waals surface area (Å²) in [5, 5.41) is 1.23. The predicted molar refractivity (Wildman–Crippen MR) is 82.7 cm³/mol. The van der Waals surface area contributed by atoms with E-state index < -0.39 is 0 Å². The number of hydrogen-bond acceptors (Lipinski definition) is 0. The molecule has 2 aromatic rings. The van der Waals surface area contributed by atoms with Gasteiger partial charge >= 0.3 is 121 Å².